The Kier molecular flexibility index (Phi) is 14.9. The summed E-state index contributed by atoms with van der Waals surface area (Å²) in [5.41, 5.74) is 1.94. The zero-order valence-electron chi connectivity index (χ0n) is 28.8. The zero-order valence-corrected chi connectivity index (χ0v) is 30.8. The van der Waals surface area contributed by atoms with E-state index in [2.05, 4.69) is 41.5 Å². The summed E-state index contributed by atoms with van der Waals surface area (Å²) in [5, 5.41) is 0. The summed E-state index contributed by atoms with van der Waals surface area (Å²) in [6.45, 7) is 13.5. The summed E-state index contributed by atoms with van der Waals surface area (Å²) in [5.74, 6) is 1.37. The van der Waals surface area contributed by atoms with E-state index in [1.165, 1.54) is 38.5 Å². The van der Waals surface area contributed by atoms with Crippen LogP contribution in [0.4, 0.5) is 0 Å². The van der Waals surface area contributed by atoms with Gasteiger partial charge in [0.2, 0.25) is 0 Å². The Morgan fingerprint density at radius 3 is 0.955 bits per heavy atom. The van der Waals surface area contributed by atoms with Crippen LogP contribution in [0.25, 0.3) is 0 Å². The lowest BCUT2D eigenvalue weighted by molar-refractivity contribution is 0.0978. The minimum atomic E-state index is -2.02. The highest BCUT2D eigenvalue weighted by Crippen LogP contribution is 2.37. The van der Waals surface area contributed by atoms with Crippen LogP contribution < -0.4 is 8.85 Å². The molecule has 0 radical (unpaired) electrons. The highest BCUT2D eigenvalue weighted by molar-refractivity contribution is 6.75. The smallest absolute Gasteiger partial charge is 0.251 e. The molecule has 0 heterocycles. The zero-order chi connectivity index (χ0) is 32.0. The molecule has 2 aromatic carbocycles. The van der Waals surface area contributed by atoms with Gasteiger partial charge in [-0.15, -0.1) is 0 Å². The minimum absolute atomic E-state index is 0.0824. The van der Waals surface area contributed by atoms with Crippen LogP contribution in [-0.2, 0) is 0 Å². The Labute approximate surface area is 271 Å². The van der Waals surface area contributed by atoms with Crippen LogP contribution in [0.5, 0.6) is 11.5 Å². The fraction of sp³-hybridized carbons (Fsp3) is 0.632. The molecule has 3 rings (SSSR count). The molecular weight excluding hydrogens is 577 g/mol. The largest absolute Gasteiger partial charge is 0.543 e. The van der Waals surface area contributed by atoms with Crippen molar-refractivity contribution in [2.24, 2.45) is 0 Å². The fourth-order valence-electron chi connectivity index (χ4n) is 6.79. The number of unbranched alkanes of at least 4 members (excludes halogenated alkanes) is 6. The third-order valence-corrected chi connectivity index (χ3v) is 18.5. The number of fused-ring (bicyclic) bond motifs is 2. The predicted octanol–water partition coefficient (Wildman–Crippen LogP) is 11.9. The first-order valence-corrected chi connectivity index (χ1v) is 23.1. The van der Waals surface area contributed by atoms with Gasteiger partial charge >= 0.3 is 0 Å². The van der Waals surface area contributed by atoms with Crippen LogP contribution in [0.1, 0.15) is 150 Å². The molecule has 244 valence electrons. The van der Waals surface area contributed by atoms with Crippen molar-refractivity contribution < 1.29 is 18.4 Å². The van der Waals surface area contributed by atoms with Crippen LogP contribution >= 0.6 is 0 Å². The Hall–Kier alpha value is -2.19. The van der Waals surface area contributed by atoms with Gasteiger partial charge in [0.05, 0.1) is 0 Å². The number of carbonyl (C=O) groups excluding carboxylic acids is 2. The molecule has 0 bridgehead atoms. The molecule has 0 amide bonds. The van der Waals surface area contributed by atoms with Crippen molar-refractivity contribution in [2.45, 2.75) is 155 Å². The van der Waals surface area contributed by atoms with Gasteiger partial charge in [-0.1, -0.05) is 119 Å². The van der Waals surface area contributed by atoms with E-state index in [1.54, 1.807) is 0 Å². The Balaban J connectivity index is 1.93. The van der Waals surface area contributed by atoms with Crippen molar-refractivity contribution in [1.82, 2.24) is 0 Å². The SMILES string of the molecule is CCCC[Si](CCCC)(CCCC)Oc1ccc2c(c1)C(=O)c1ccc(O[Si](CCCC)(CCCC)CCCC)cc1C2=O. The molecule has 0 saturated heterocycles. The van der Waals surface area contributed by atoms with E-state index in [0.29, 0.717) is 22.3 Å². The third-order valence-electron chi connectivity index (χ3n) is 9.54. The van der Waals surface area contributed by atoms with Crippen LogP contribution in [0.3, 0.4) is 0 Å². The van der Waals surface area contributed by atoms with Gasteiger partial charge in [-0.25, -0.2) is 0 Å². The maximum Gasteiger partial charge on any atom is 0.251 e. The van der Waals surface area contributed by atoms with Gasteiger partial charge in [0.15, 0.2) is 11.6 Å². The standard InChI is InChI=1S/C38H60O4Si2/c1-7-13-23-43(24-14-8-2,25-15-9-3)41-31-19-21-33-35(29-31)37(39)34-22-20-32(30-36(34)38(33)40)42-44(26-16-10-4,27-17-11-5)28-18-12-6/h19-22,29-30H,7-18,23-28H2,1-6H3. The van der Waals surface area contributed by atoms with Gasteiger partial charge in [0.1, 0.15) is 11.5 Å². The molecule has 1 aliphatic carbocycles. The lowest BCUT2D eigenvalue weighted by Crippen LogP contribution is -2.41. The molecule has 0 saturated carbocycles. The topological polar surface area (TPSA) is 52.6 Å². The molecule has 0 fully saturated rings. The molecule has 2 aromatic rings. The van der Waals surface area contributed by atoms with Crippen molar-refractivity contribution in [3.05, 3.63) is 58.7 Å². The van der Waals surface area contributed by atoms with Gasteiger partial charge in [0.25, 0.3) is 16.6 Å². The van der Waals surface area contributed by atoms with Crippen molar-refractivity contribution >= 4 is 28.2 Å². The third kappa shape index (κ3) is 9.42. The fourth-order valence-corrected chi connectivity index (χ4v) is 16.1. The second kappa shape index (κ2) is 18.1. The number of carbonyl (C=O) groups is 2. The van der Waals surface area contributed by atoms with E-state index in [1.807, 2.05) is 36.4 Å². The summed E-state index contributed by atoms with van der Waals surface area (Å²) in [7, 11) is -4.05. The summed E-state index contributed by atoms with van der Waals surface area (Å²) < 4.78 is 14.0. The highest BCUT2D eigenvalue weighted by atomic mass is 28.4. The molecular formula is C38H60O4Si2. The second-order valence-corrected chi connectivity index (χ2v) is 21.4. The van der Waals surface area contributed by atoms with E-state index < -0.39 is 16.6 Å². The molecule has 0 spiro atoms. The molecule has 4 nitrogen and oxygen atoms in total. The van der Waals surface area contributed by atoms with Crippen LogP contribution in [-0.4, -0.2) is 28.2 Å². The van der Waals surface area contributed by atoms with Gasteiger partial charge in [0, 0.05) is 22.3 Å². The normalized spacial score (nSPS) is 13.1. The van der Waals surface area contributed by atoms with Gasteiger partial charge < -0.3 is 8.85 Å². The van der Waals surface area contributed by atoms with Crippen LogP contribution in [0.15, 0.2) is 36.4 Å². The van der Waals surface area contributed by atoms with Gasteiger partial charge in [-0.3, -0.25) is 9.59 Å². The lowest BCUT2D eigenvalue weighted by Gasteiger charge is -2.33. The molecule has 0 unspecified atom stereocenters. The van der Waals surface area contributed by atoms with Crippen molar-refractivity contribution in [3.63, 3.8) is 0 Å². The molecule has 6 heteroatoms. The van der Waals surface area contributed by atoms with E-state index in [9.17, 15) is 9.59 Å². The molecule has 0 atom stereocenters. The minimum Gasteiger partial charge on any atom is -0.543 e. The summed E-state index contributed by atoms with van der Waals surface area (Å²) in [6.07, 6.45) is 14.1. The Morgan fingerprint density at radius 1 is 0.432 bits per heavy atom. The first-order chi connectivity index (χ1) is 21.3. The Morgan fingerprint density at radius 2 is 0.705 bits per heavy atom. The summed E-state index contributed by atoms with van der Waals surface area (Å²) in [6, 6.07) is 18.2. The molecule has 0 aliphatic heterocycles. The van der Waals surface area contributed by atoms with Crippen molar-refractivity contribution in [3.8, 4) is 11.5 Å². The Bertz CT molecular complexity index is 1070. The quantitative estimate of drug-likeness (QED) is 0.103. The van der Waals surface area contributed by atoms with Crippen LogP contribution in [0.2, 0.25) is 36.3 Å². The highest BCUT2D eigenvalue weighted by Gasteiger charge is 2.38. The van der Waals surface area contributed by atoms with Crippen molar-refractivity contribution in [1.29, 1.82) is 0 Å². The summed E-state index contributed by atoms with van der Waals surface area (Å²) in [4.78, 5) is 27.8. The molecule has 0 aromatic heterocycles. The van der Waals surface area contributed by atoms with E-state index in [0.717, 1.165) is 86.3 Å². The van der Waals surface area contributed by atoms with Gasteiger partial charge in [-0.2, -0.15) is 0 Å². The summed E-state index contributed by atoms with van der Waals surface area (Å²) >= 11 is 0. The average Bonchev–Trinajstić information content (AvgIpc) is 3.04. The maximum atomic E-state index is 13.9. The number of hydrogen-bond donors (Lipinski definition) is 0. The predicted molar refractivity (Wildman–Crippen MR) is 191 cm³/mol. The van der Waals surface area contributed by atoms with Gasteiger partial charge in [-0.05, 0) is 72.7 Å². The molecule has 0 N–H and O–H groups in total. The van der Waals surface area contributed by atoms with E-state index in [4.69, 9.17) is 8.85 Å². The van der Waals surface area contributed by atoms with E-state index >= 15 is 0 Å². The number of benzene rings is 2. The maximum absolute atomic E-state index is 13.9. The second-order valence-electron chi connectivity index (χ2n) is 13.3. The lowest BCUT2D eigenvalue weighted by atomic mass is 9.84. The first kappa shape index (κ1) is 36.3. The number of ketones is 2. The van der Waals surface area contributed by atoms with Crippen LogP contribution in [0, 0.1) is 0 Å². The first-order valence-electron chi connectivity index (χ1n) is 18.1. The molecule has 1 aliphatic rings. The molecule has 44 heavy (non-hydrogen) atoms. The number of hydrogen-bond acceptors (Lipinski definition) is 4. The average molecular weight is 637 g/mol. The monoisotopic (exact) mass is 636 g/mol. The van der Waals surface area contributed by atoms with Crippen molar-refractivity contribution in [2.75, 3.05) is 0 Å². The number of rotatable bonds is 22. The van der Waals surface area contributed by atoms with E-state index in [-0.39, 0.29) is 11.6 Å².